The normalized spacial score (nSPS) is 18.0. The molecule has 0 radical (unpaired) electrons. The number of hydrogen-bond donors (Lipinski definition) is 1. The van der Waals surface area contributed by atoms with Crippen LogP contribution in [0.3, 0.4) is 0 Å². The maximum atomic E-state index is 5.71. The van der Waals surface area contributed by atoms with Crippen LogP contribution in [-0.4, -0.2) is 87.6 Å². The van der Waals surface area contributed by atoms with Gasteiger partial charge in [-0.1, -0.05) is 27.7 Å². The molecule has 1 aliphatic rings. The van der Waals surface area contributed by atoms with E-state index in [1.807, 2.05) is 0 Å². The van der Waals surface area contributed by atoms with Crippen LogP contribution in [0.2, 0.25) is 0 Å². The zero-order chi connectivity index (χ0) is 18.8. The van der Waals surface area contributed by atoms with Gasteiger partial charge in [-0.3, -0.25) is 9.80 Å². The zero-order valence-electron chi connectivity index (χ0n) is 17.7. The molecule has 150 valence electrons. The van der Waals surface area contributed by atoms with Crippen LogP contribution in [0.4, 0.5) is 0 Å². The summed E-state index contributed by atoms with van der Waals surface area (Å²) < 4.78 is 11.3. The maximum Gasteiger partial charge on any atom is 0.0701 e. The molecule has 25 heavy (non-hydrogen) atoms. The molecular weight excluding hydrogens is 314 g/mol. The SMILES string of the molecule is CCC(C)(C)N1CCN(CCOCCOCCNCC(C)(C)C)CC1. The van der Waals surface area contributed by atoms with E-state index in [1.54, 1.807) is 0 Å². The summed E-state index contributed by atoms with van der Waals surface area (Å²) in [5.74, 6) is 0. The van der Waals surface area contributed by atoms with Crippen molar-refractivity contribution < 1.29 is 9.47 Å². The molecule has 1 aliphatic heterocycles. The molecule has 0 unspecified atom stereocenters. The van der Waals surface area contributed by atoms with E-state index < -0.39 is 0 Å². The topological polar surface area (TPSA) is 37.0 Å². The molecule has 1 N–H and O–H groups in total. The molecule has 0 saturated carbocycles. The van der Waals surface area contributed by atoms with Gasteiger partial charge in [0.05, 0.1) is 26.4 Å². The third-order valence-corrected chi connectivity index (χ3v) is 5.10. The van der Waals surface area contributed by atoms with E-state index in [0.717, 1.165) is 45.9 Å². The van der Waals surface area contributed by atoms with E-state index in [1.165, 1.54) is 19.5 Å². The van der Waals surface area contributed by atoms with Crippen molar-refractivity contribution in [3.8, 4) is 0 Å². The summed E-state index contributed by atoms with van der Waals surface area (Å²) in [4.78, 5) is 5.13. The van der Waals surface area contributed by atoms with Crippen molar-refractivity contribution in [3.05, 3.63) is 0 Å². The molecule has 1 rings (SSSR count). The fourth-order valence-corrected chi connectivity index (χ4v) is 2.92. The second kappa shape index (κ2) is 11.5. The standard InChI is InChI=1S/C20H43N3O2/c1-7-20(5,6)23-11-9-22(10-12-23)13-15-25-17-16-24-14-8-21-18-19(2,3)4/h21H,7-18H2,1-6H3. The number of rotatable bonds is 12. The first kappa shape index (κ1) is 22.8. The second-order valence-electron chi connectivity index (χ2n) is 8.96. The molecule has 0 bridgehead atoms. The molecule has 1 saturated heterocycles. The summed E-state index contributed by atoms with van der Waals surface area (Å²) >= 11 is 0. The van der Waals surface area contributed by atoms with Gasteiger partial charge < -0.3 is 14.8 Å². The molecule has 0 spiro atoms. The Morgan fingerprint density at radius 2 is 1.44 bits per heavy atom. The molecule has 0 atom stereocenters. The Morgan fingerprint density at radius 3 is 2.00 bits per heavy atom. The first-order valence-electron chi connectivity index (χ1n) is 10.1. The van der Waals surface area contributed by atoms with Gasteiger partial charge in [-0.15, -0.1) is 0 Å². The van der Waals surface area contributed by atoms with Gasteiger partial charge in [0.25, 0.3) is 0 Å². The van der Waals surface area contributed by atoms with Gasteiger partial charge in [0.15, 0.2) is 0 Å². The van der Waals surface area contributed by atoms with Crippen molar-refractivity contribution in [2.24, 2.45) is 5.41 Å². The second-order valence-corrected chi connectivity index (χ2v) is 8.96. The van der Waals surface area contributed by atoms with Crippen LogP contribution in [-0.2, 0) is 9.47 Å². The summed E-state index contributed by atoms with van der Waals surface area (Å²) in [6.07, 6.45) is 1.21. The lowest BCUT2D eigenvalue weighted by atomic mass is 9.97. The fourth-order valence-electron chi connectivity index (χ4n) is 2.92. The van der Waals surface area contributed by atoms with E-state index in [9.17, 15) is 0 Å². The Hall–Kier alpha value is -0.200. The molecule has 0 amide bonds. The lowest BCUT2D eigenvalue weighted by molar-refractivity contribution is 0.0176. The van der Waals surface area contributed by atoms with Crippen molar-refractivity contribution >= 4 is 0 Å². The van der Waals surface area contributed by atoms with Crippen LogP contribution in [0.5, 0.6) is 0 Å². The van der Waals surface area contributed by atoms with Crippen molar-refractivity contribution in [2.45, 2.75) is 53.5 Å². The van der Waals surface area contributed by atoms with Crippen LogP contribution in [0, 0.1) is 5.41 Å². The Morgan fingerprint density at radius 1 is 0.840 bits per heavy atom. The number of nitrogens with zero attached hydrogens (tertiary/aromatic N) is 2. The van der Waals surface area contributed by atoms with Crippen molar-refractivity contribution in [1.29, 1.82) is 0 Å². The highest BCUT2D eigenvalue weighted by Crippen LogP contribution is 2.20. The third kappa shape index (κ3) is 10.5. The summed E-state index contributed by atoms with van der Waals surface area (Å²) in [7, 11) is 0. The van der Waals surface area contributed by atoms with Crippen LogP contribution >= 0.6 is 0 Å². The highest BCUT2D eigenvalue weighted by Gasteiger charge is 2.27. The summed E-state index contributed by atoms with van der Waals surface area (Å²) in [5.41, 5.74) is 0.669. The van der Waals surface area contributed by atoms with Gasteiger partial charge >= 0.3 is 0 Å². The molecule has 0 aromatic rings. The fraction of sp³-hybridized carbons (Fsp3) is 1.00. The lowest BCUT2D eigenvalue weighted by Gasteiger charge is -2.43. The van der Waals surface area contributed by atoms with E-state index in [4.69, 9.17) is 9.47 Å². The number of piperazine rings is 1. The highest BCUT2D eigenvalue weighted by molar-refractivity contribution is 4.84. The number of nitrogens with one attached hydrogen (secondary N) is 1. The first-order chi connectivity index (χ1) is 11.7. The minimum absolute atomic E-state index is 0.334. The van der Waals surface area contributed by atoms with Crippen molar-refractivity contribution in [2.75, 3.05) is 72.2 Å². The Balaban J connectivity index is 1.91. The number of hydrogen-bond acceptors (Lipinski definition) is 5. The van der Waals surface area contributed by atoms with E-state index in [0.29, 0.717) is 24.2 Å². The highest BCUT2D eigenvalue weighted by atomic mass is 16.5. The molecular formula is C20H43N3O2. The molecule has 0 aromatic heterocycles. The van der Waals surface area contributed by atoms with E-state index in [2.05, 4.69) is 56.7 Å². The van der Waals surface area contributed by atoms with Crippen LogP contribution in [0.1, 0.15) is 48.0 Å². The van der Waals surface area contributed by atoms with Gasteiger partial charge in [0, 0.05) is 51.4 Å². The molecule has 1 fully saturated rings. The average Bonchev–Trinajstić information content (AvgIpc) is 2.56. The van der Waals surface area contributed by atoms with Crippen LogP contribution in [0.15, 0.2) is 0 Å². The zero-order valence-corrected chi connectivity index (χ0v) is 17.7. The van der Waals surface area contributed by atoms with Crippen molar-refractivity contribution in [3.63, 3.8) is 0 Å². The monoisotopic (exact) mass is 357 g/mol. The number of ether oxygens (including phenoxy) is 2. The van der Waals surface area contributed by atoms with Crippen LogP contribution in [0.25, 0.3) is 0 Å². The van der Waals surface area contributed by atoms with E-state index in [-0.39, 0.29) is 0 Å². The van der Waals surface area contributed by atoms with E-state index >= 15 is 0 Å². The lowest BCUT2D eigenvalue weighted by Crippen LogP contribution is -2.54. The molecule has 5 nitrogen and oxygen atoms in total. The quantitative estimate of drug-likeness (QED) is 0.543. The predicted octanol–water partition coefficient (Wildman–Crippen LogP) is 2.46. The molecule has 1 heterocycles. The largest absolute Gasteiger partial charge is 0.378 e. The maximum absolute atomic E-state index is 5.71. The molecule has 5 heteroatoms. The minimum Gasteiger partial charge on any atom is -0.378 e. The first-order valence-corrected chi connectivity index (χ1v) is 10.1. The van der Waals surface area contributed by atoms with Gasteiger partial charge in [-0.25, -0.2) is 0 Å². The minimum atomic E-state index is 0.334. The summed E-state index contributed by atoms with van der Waals surface area (Å²) in [6.45, 7) is 24.3. The summed E-state index contributed by atoms with van der Waals surface area (Å²) in [5, 5.41) is 3.41. The average molecular weight is 358 g/mol. The smallest absolute Gasteiger partial charge is 0.0701 e. The Bertz CT molecular complexity index is 334. The Labute approximate surface area is 156 Å². The van der Waals surface area contributed by atoms with Gasteiger partial charge in [-0.2, -0.15) is 0 Å². The predicted molar refractivity (Wildman–Crippen MR) is 106 cm³/mol. The van der Waals surface area contributed by atoms with Gasteiger partial charge in [0.1, 0.15) is 0 Å². The van der Waals surface area contributed by atoms with Crippen LogP contribution < -0.4 is 5.32 Å². The Kier molecular flexibility index (Phi) is 10.5. The van der Waals surface area contributed by atoms with Gasteiger partial charge in [0.2, 0.25) is 0 Å². The van der Waals surface area contributed by atoms with Gasteiger partial charge in [-0.05, 0) is 25.7 Å². The summed E-state index contributed by atoms with van der Waals surface area (Å²) in [6, 6.07) is 0. The molecule has 0 aliphatic carbocycles. The molecule has 0 aromatic carbocycles. The van der Waals surface area contributed by atoms with Crippen molar-refractivity contribution in [1.82, 2.24) is 15.1 Å². The third-order valence-electron chi connectivity index (χ3n) is 5.10.